The van der Waals surface area contributed by atoms with Crippen LogP contribution in [0.3, 0.4) is 0 Å². The molecule has 2 nitrogen and oxygen atoms in total. The molecule has 4 heteroatoms. The molecule has 27 heavy (non-hydrogen) atoms. The Kier molecular flexibility index (Phi) is 6.84. The van der Waals surface area contributed by atoms with E-state index in [1.165, 1.54) is 31.7 Å². The van der Waals surface area contributed by atoms with E-state index in [1.807, 2.05) is 24.3 Å². The molecule has 0 aromatic heterocycles. The fraction of sp³-hybridized carbons (Fsp3) is 0.478. The lowest BCUT2D eigenvalue weighted by Crippen LogP contribution is -2.20. The van der Waals surface area contributed by atoms with E-state index in [1.54, 1.807) is 13.0 Å². The van der Waals surface area contributed by atoms with Gasteiger partial charge in [-0.05, 0) is 55.4 Å². The van der Waals surface area contributed by atoms with Crippen LogP contribution in [0.2, 0.25) is 0 Å². The maximum Gasteiger partial charge on any atom is 0.201 e. The Morgan fingerprint density at radius 1 is 1.00 bits per heavy atom. The molecule has 0 amide bonds. The summed E-state index contributed by atoms with van der Waals surface area (Å²) in [6.07, 6.45) is 6.02. The third-order valence-electron chi connectivity index (χ3n) is 5.28. The molecule has 1 aliphatic rings. The van der Waals surface area contributed by atoms with E-state index < -0.39 is 11.6 Å². The zero-order valence-corrected chi connectivity index (χ0v) is 16.1. The van der Waals surface area contributed by atoms with Crippen LogP contribution in [0.5, 0.6) is 5.75 Å². The van der Waals surface area contributed by atoms with Crippen LogP contribution in [0.25, 0.3) is 11.1 Å². The molecule has 2 aromatic carbocycles. The van der Waals surface area contributed by atoms with Gasteiger partial charge in [0, 0.05) is 5.56 Å². The number of hydrogen-bond acceptors (Lipinski definition) is 2. The van der Waals surface area contributed by atoms with E-state index in [9.17, 15) is 8.78 Å². The number of ether oxygens (including phenoxy) is 2. The number of benzene rings is 2. The first-order valence-electron chi connectivity index (χ1n) is 9.96. The molecule has 2 unspecified atom stereocenters. The van der Waals surface area contributed by atoms with Crippen molar-refractivity contribution in [2.45, 2.75) is 52.1 Å². The quantitative estimate of drug-likeness (QED) is 0.537. The Bertz CT molecular complexity index is 735. The number of halogens is 2. The summed E-state index contributed by atoms with van der Waals surface area (Å²) in [5.41, 5.74) is 1.99. The predicted molar refractivity (Wildman–Crippen MR) is 104 cm³/mol. The number of unbranched alkanes of at least 4 members (excludes halogenated alkanes) is 1. The molecule has 0 bridgehead atoms. The Morgan fingerprint density at radius 3 is 2.41 bits per heavy atom. The molecule has 1 heterocycles. The molecule has 1 saturated heterocycles. The largest absolute Gasteiger partial charge is 0.491 e. The van der Waals surface area contributed by atoms with Crippen molar-refractivity contribution >= 4 is 0 Å². The molecule has 0 saturated carbocycles. The molecule has 0 N–H and O–H groups in total. The van der Waals surface area contributed by atoms with Gasteiger partial charge in [0.2, 0.25) is 5.82 Å². The van der Waals surface area contributed by atoms with Crippen LogP contribution >= 0.6 is 0 Å². The Hall–Kier alpha value is -1.94. The van der Waals surface area contributed by atoms with Crippen molar-refractivity contribution in [3.05, 3.63) is 53.6 Å². The highest BCUT2D eigenvalue weighted by Gasteiger charge is 2.23. The molecule has 0 spiro atoms. The SMILES string of the molecule is CCCCC1CCC(c2ccc(-c3ccc(OCC)c(F)c3F)cc2)OC1. The Balaban J connectivity index is 1.69. The predicted octanol–water partition coefficient (Wildman–Crippen LogP) is 6.69. The summed E-state index contributed by atoms with van der Waals surface area (Å²) in [6.45, 7) is 5.06. The lowest BCUT2D eigenvalue weighted by atomic mass is 9.90. The molecule has 146 valence electrons. The maximum absolute atomic E-state index is 14.4. The van der Waals surface area contributed by atoms with Crippen LogP contribution in [0.1, 0.15) is 57.6 Å². The van der Waals surface area contributed by atoms with Gasteiger partial charge < -0.3 is 9.47 Å². The molecule has 0 aliphatic carbocycles. The van der Waals surface area contributed by atoms with Gasteiger partial charge in [0.1, 0.15) is 0 Å². The normalized spacial score (nSPS) is 19.9. The topological polar surface area (TPSA) is 18.5 Å². The summed E-state index contributed by atoms with van der Waals surface area (Å²) >= 11 is 0. The highest BCUT2D eigenvalue weighted by Crippen LogP contribution is 2.35. The maximum atomic E-state index is 14.4. The highest BCUT2D eigenvalue weighted by molar-refractivity contribution is 5.65. The van der Waals surface area contributed by atoms with Crippen LogP contribution in [-0.2, 0) is 4.74 Å². The van der Waals surface area contributed by atoms with Crippen LogP contribution in [0.15, 0.2) is 36.4 Å². The molecule has 2 aromatic rings. The molecular formula is C23H28F2O2. The fourth-order valence-electron chi connectivity index (χ4n) is 3.69. The second-order valence-corrected chi connectivity index (χ2v) is 7.20. The molecule has 1 fully saturated rings. The molecule has 2 atom stereocenters. The van der Waals surface area contributed by atoms with E-state index in [-0.39, 0.29) is 17.4 Å². The van der Waals surface area contributed by atoms with Gasteiger partial charge in [0.15, 0.2) is 11.6 Å². The van der Waals surface area contributed by atoms with Crippen LogP contribution < -0.4 is 4.74 Å². The summed E-state index contributed by atoms with van der Waals surface area (Å²) in [4.78, 5) is 0. The van der Waals surface area contributed by atoms with Gasteiger partial charge in [0.25, 0.3) is 0 Å². The van der Waals surface area contributed by atoms with Crippen LogP contribution in [0.4, 0.5) is 8.78 Å². The first-order chi connectivity index (χ1) is 13.1. The van der Waals surface area contributed by atoms with Gasteiger partial charge in [-0.25, -0.2) is 4.39 Å². The smallest absolute Gasteiger partial charge is 0.201 e. The first-order valence-corrected chi connectivity index (χ1v) is 9.96. The average molecular weight is 374 g/mol. The van der Waals surface area contributed by atoms with Gasteiger partial charge in [-0.1, -0.05) is 44.0 Å². The first kappa shape index (κ1) is 19.8. The van der Waals surface area contributed by atoms with E-state index >= 15 is 0 Å². The van der Waals surface area contributed by atoms with Crippen molar-refractivity contribution in [3.63, 3.8) is 0 Å². The lowest BCUT2D eigenvalue weighted by molar-refractivity contribution is -0.0197. The van der Waals surface area contributed by atoms with Gasteiger partial charge >= 0.3 is 0 Å². The summed E-state index contributed by atoms with van der Waals surface area (Å²) in [6, 6.07) is 10.6. The van der Waals surface area contributed by atoms with E-state index in [0.29, 0.717) is 18.1 Å². The second-order valence-electron chi connectivity index (χ2n) is 7.20. The van der Waals surface area contributed by atoms with Crippen molar-refractivity contribution in [1.29, 1.82) is 0 Å². The lowest BCUT2D eigenvalue weighted by Gasteiger charge is -2.29. The molecular weight excluding hydrogens is 346 g/mol. The van der Waals surface area contributed by atoms with Gasteiger partial charge in [0.05, 0.1) is 19.3 Å². The zero-order valence-electron chi connectivity index (χ0n) is 16.1. The van der Waals surface area contributed by atoms with E-state index in [2.05, 4.69) is 6.92 Å². The fourth-order valence-corrected chi connectivity index (χ4v) is 3.69. The second kappa shape index (κ2) is 9.32. The summed E-state index contributed by atoms with van der Waals surface area (Å²) in [5.74, 6) is -1.20. The molecule has 0 radical (unpaired) electrons. The Morgan fingerprint density at radius 2 is 1.78 bits per heavy atom. The van der Waals surface area contributed by atoms with Gasteiger partial charge in [-0.3, -0.25) is 0 Å². The minimum absolute atomic E-state index is 0.0522. The van der Waals surface area contributed by atoms with E-state index in [0.717, 1.165) is 18.6 Å². The van der Waals surface area contributed by atoms with Crippen molar-refractivity contribution < 1.29 is 18.3 Å². The minimum Gasteiger partial charge on any atom is -0.491 e. The van der Waals surface area contributed by atoms with E-state index in [4.69, 9.17) is 9.47 Å². The van der Waals surface area contributed by atoms with Crippen LogP contribution in [0, 0.1) is 17.6 Å². The van der Waals surface area contributed by atoms with Gasteiger partial charge in [-0.2, -0.15) is 4.39 Å². The molecule has 1 aliphatic heterocycles. The van der Waals surface area contributed by atoms with Crippen molar-refractivity contribution in [2.75, 3.05) is 13.2 Å². The Labute approximate surface area is 160 Å². The zero-order chi connectivity index (χ0) is 19.2. The third kappa shape index (κ3) is 4.67. The monoisotopic (exact) mass is 374 g/mol. The van der Waals surface area contributed by atoms with Crippen molar-refractivity contribution in [3.8, 4) is 16.9 Å². The summed E-state index contributed by atoms with van der Waals surface area (Å²) in [7, 11) is 0. The minimum atomic E-state index is -0.938. The number of hydrogen-bond donors (Lipinski definition) is 0. The summed E-state index contributed by atoms with van der Waals surface area (Å²) < 4.78 is 39.7. The van der Waals surface area contributed by atoms with Crippen molar-refractivity contribution in [1.82, 2.24) is 0 Å². The average Bonchev–Trinajstić information content (AvgIpc) is 2.71. The standard InChI is InChI=1S/C23H28F2O2/c1-3-5-6-16-7-13-20(27-15-16)18-10-8-17(9-11-18)19-12-14-21(26-4-2)23(25)22(19)24/h8-12,14,16,20H,3-7,13,15H2,1-2H3. The van der Waals surface area contributed by atoms with Crippen molar-refractivity contribution in [2.24, 2.45) is 5.92 Å². The molecule has 3 rings (SSSR count). The number of rotatable bonds is 7. The highest BCUT2D eigenvalue weighted by atomic mass is 19.2. The summed E-state index contributed by atoms with van der Waals surface area (Å²) in [5, 5.41) is 0. The van der Waals surface area contributed by atoms with Crippen LogP contribution in [-0.4, -0.2) is 13.2 Å². The third-order valence-corrected chi connectivity index (χ3v) is 5.28. The van der Waals surface area contributed by atoms with Gasteiger partial charge in [-0.15, -0.1) is 0 Å².